The zero-order chi connectivity index (χ0) is 20.9. The van der Waals surface area contributed by atoms with Crippen LogP contribution in [0.2, 0.25) is 0 Å². The monoisotopic (exact) mass is 382 g/mol. The summed E-state index contributed by atoms with van der Waals surface area (Å²) in [6.07, 6.45) is 0. The van der Waals surface area contributed by atoms with Crippen LogP contribution in [0.4, 0.5) is 0 Å². The molecule has 0 aliphatic heterocycles. The van der Waals surface area contributed by atoms with Gasteiger partial charge in [0.25, 0.3) is 0 Å². The van der Waals surface area contributed by atoms with Gasteiger partial charge in [-0.1, -0.05) is 35.9 Å². The van der Waals surface area contributed by atoms with Gasteiger partial charge in [0.2, 0.25) is 0 Å². The molecule has 4 rings (SSSR count). The third kappa shape index (κ3) is 3.48. The topological polar surface area (TPSA) is 17.8 Å². The Morgan fingerprint density at radius 3 is 2.03 bits per heavy atom. The lowest BCUT2D eigenvalue weighted by Crippen LogP contribution is -2.22. The summed E-state index contributed by atoms with van der Waals surface area (Å²) in [5.74, 6) is 0. The van der Waals surface area contributed by atoms with Crippen LogP contribution in [0.25, 0.3) is 33.3 Å². The predicted molar refractivity (Wildman–Crippen MR) is 125 cm³/mol. The number of aryl methyl sites for hydroxylation is 4. The van der Waals surface area contributed by atoms with E-state index in [1.165, 1.54) is 44.4 Å². The highest BCUT2D eigenvalue weighted by atomic mass is 15.1. The van der Waals surface area contributed by atoms with E-state index in [4.69, 9.17) is 0 Å². The van der Waals surface area contributed by atoms with Gasteiger partial charge in [-0.2, -0.15) is 0 Å². The lowest BCUT2D eigenvalue weighted by molar-refractivity contribution is 0.415. The van der Waals surface area contributed by atoms with Crippen LogP contribution in [0, 0.1) is 27.7 Å². The maximum absolute atomic E-state index is 4.54. The number of rotatable bonds is 2. The van der Waals surface area contributed by atoms with Gasteiger partial charge in [0.15, 0.2) is 0 Å². The number of fused-ring (bicyclic) bond motifs is 1. The maximum Gasteiger partial charge on any atom is 0.0526 e. The average molecular weight is 383 g/mol. The largest absolute Gasteiger partial charge is 0.335 e. The van der Waals surface area contributed by atoms with Crippen molar-refractivity contribution in [1.82, 2.24) is 9.55 Å². The molecule has 0 amide bonds. The third-order valence-electron chi connectivity index (χ3n) is 5.60. The molecular formula is C27H30N2. The Labute approximate surface area is 174 Å². The van der Waals surface area contributed by atoms with Crippen LogP contribution in [-0.2, 0) is 5.54 Å². The van der Waals surface area contributed by atoms with Crippen molar-refractivity contribution in [1.29, 1.82) is 0 Å². The lowest BCUT2D eigenvalue weighted by Gasteiger charge is -2.27. The van der Waals surface area contributed by atoms with Gasteiger partial charge in [0.1, 0.15) is 0 Å². The Hall–Kier alpha value is -2.87. The van der Waals surface area contributed by atoms with Crippen LogP contribution < -0.4 is 0 Å². The summed E-state index contributed by atoms with van der Waals surface area (Å²) >= 11 is 0. The van der Waals surface area contributed by atoms with Crippen molar-refractivity contribution >= 4 is 10.9 Å². The van der Waals surface area contributed by atoms with Crippen molar-refractivity contribution in [3.63, 3.8) is 0 Å². The second-order valence-corrected chi connectivity index (χ2v) is 9.22. The van der Waals surface area contributed by atoms with Crippen LogP contribution in [0.5, 0.6) is 0 Å². The fraction of sp³-hybridized carbons (Fsp3) is 0.296. The summed E-state index contributed by atoms with van der Waals surface area (Å²) in [6, 6.07) is 20.1. The number of nitrogens with zero attached hydrogens (tertiary/aromatic N) is 2. The summed E-state index contributed by atoms with van der Waals surface area (Å²) < 4.78 is 2.51. The van der Waals surface area contributed by atoms with Gasteiger partial charge in [-0.25, -0.2) is 0 Å². The lowest BCUT2D eigenvalue weighted by atomic mass is 10.0. The normalized spacial score (nSPS) is 12.0. The molecule has 0 aliphatic carbocycles. The standard InChI is InChI=1S/C27H30N2/c1-17-9-8-10-22(13-17)26-20(4)24-12-11-21(16-25(24)29(26)27(5,6)7)23-14-18(2)28-19(3)15-23/h8-16H,1-7H3. The highest BCUT2D eigenvalue weighted by Gasteiger charge is 2.24. The number of hydrogen-bond acceptors (Lipinski definition) is 1. The molecule has 0 saturated carbocycles. The van der Waals surface area contributed by atoms with E-state index >= 15 is 0 Å². The fourth-order valence-corrected chi connectivity index (χ4v) is 4.46. The molecule has 29 heavy (non-hydrogen) atoms. The quantitative estimate of drug-likeness (QED) is 0.354. The molecule has 0 bridgehead atoms. The molecule has 2 nitrogen and oxygen atoms in total. The van der Waals surface area contributed by atoms with E-state index in [1.807, 2.05) is 0 Å². The molecule has 2 aromatic carbocycles. The SMILES string of the molecule is Cc1cccc(-c2c(C)c3ccc(-c4cc(C)nc(C)c4)cc3n2C(C)(C)C)c1. The van der Waals surface area contributed by atoms with Gasteiger partial charge in [-0.05, 0) is 95.0 Å². The van der Waals surface area contributed by atoms with E-state index in [2.05, 4.69) is 113 Å². The Kier molecular flexibility index (Phi) is 4.61. The maximum atomic E-state index is 4.54. The highest BCUT2D eigenvalue weighted by molar-refractivity contribution is 5.94. The van der Waals surface area contributed by atoms with Crippen molar-refractivity contribution in [3.05, 3.63) is 77.1 Å². The molecule has 148 valence electrons. The van der Waals surface area contributed by atoms with Gasteiger partial charge in [0, 0.05) is 27.8 Å². The Morgan fingerprint density at radius 2 is 1.41 bits per heavy atom. The van der Waals surface area contributed by atoms with E-state index in [9.17, 15) is 0 Å². The summed E-state index contributed by atoms with van der Waals surface area (Å²) in [6.45, 7) is 15.4. The van der Waals surface area contributed by atoms with Crippen LogP contribution in [-0.4, -0.2) is 9.55 Å². The van der Waals surface area contributed by atoms with Crippen LogP contribution >= 0.6 is 0 Å². The van der Waals surface area contributed by atoms with E-state index in [-0.39, 0.29) is 5.54 Å². The van der Waals surface area contributed by atoms with Crippen LogP contribution in [0.15, 0.2) is 54.6 Å². The molecule has 0 N–H and O–H groups in total. The highest BCUT2D eigenvalue weighted by Crippen LogP contribution is 2.39. The van der Waals surface area contributed by atoms with Crippen molar-refractivity contribution < 1.29 is 0 Å². The summed E-state index contributed by atoms with van der Waals surface area (Å²) in [5, 5.41) is 1.32. The Bertz CT molecular complexity index is 1200. The molecule has 0 aliphatic rings. The molecule has 0 saturated heterocycles. The smallest absolute Gasteiger partial charge is 0.0526 e. The van der Waals surface area contributed by atoms with Crippen molar-refractivity contribution in [2.75, 3.05) is 0 Å². The second kappa shape index (κ2) is 6.88. The Balaban J connectivity index is 2.04. The molecule has 0 unspecified atom stereocenters. The predicted octanol–water partition coefficient (Wildman–Crippen LogP) is 7.36. The first-order valence-electron chi connectivity index (χ1n) is 10.3. The summed E-state index contributed by atoms with van der Waals surface area (Å²) in [4.78, 5) is 4.54. The van der Waals surface area contributed by atoms with Crippen molar-refractivity contribution in [2.45, 2.75) is 54.0 Å². The third-order valence-corrected chi connectivity index (χ3v) is 5.60. The molecular weight excluding hydrogens is 352 g/mol. The van der Waals surface area contributed by atoms with Crippen molar-refractivity contribution in [2.24, 2.45) is 0 Å². The van der Waals surface area contributed by atoms with Crippen LogP contribution in [0.1, 0.15) is 43.3 Å². The Morgan fingerprint density at radius 1 is 0.724 bits per heavy atom. The number of hydrogen-bond donors (Lipinski definition) is 0. The first-order valence-corrected chi connectivity index (χ1v) is 10.3. The molecule has 0 radical (unpaired) electrons. The van der Waals surface area contributed by atoms with E-state index < -0.39 is 0 Å². The van der Waals surface area contributed by atoms with E-state index in [0.29, 0.717) is 0 Å². The summed E-state index contributed by atoms with van der Waals surface area (Å²) in [7, 11) is 0. The minimum atomic E-state index is -0.0334. The van der Waals surface area contributed by atoms with Gasteiger partial charge in [0.05, 0.1) is 5.69 Å². The van der Waals surface area contributed by atoms with Gasteiger partial charge in [-0.15, -0.1) is 0 Å². The molecule has 0 spiro atoms. The minimum absolute atomic E-state index is 0.0334. The molecule has 4 aromatic rings. The second-order valence-electron chi connectivity index (χ2n) is 9.22. The first kappa shape index (κ1) is 19.4. The average Bonchev–Trinajstić information content (AvgIpc) is 2.93. The summed E-state index contributed by atoms with van der Waals surface area (Å²) in [5.41, 5.74) is 11.1. The molecule has 2 heteroatoms. The zero-order valence-electron chi connectivity index (χ0n) is 18.6. The molecule has 2 aromatic heterocycles. The zero-order valence-corrected chi connectivity index (χ0v) is 18.6. The van der Waals surface area contributed by atoms with Crippen LogP contribution in [0.3, 0.4) is 0 Å². The van der Waals surface area contributed by atoms with Gasteiger partial charge in [-0.3, -0.25) is 4.98 Å². The number of benzene rings is 2. The van der Waals surface area contributed by atoms with E-state index in [0.717, 1.165) is 11.4 Å². The molecule has 0 atom stereocenters. The first-order chi connectivity index (χ1) is 13.6. The van der Waals surface area contributed by atoms with Crippen molar-refractivity contribution in [3.8, 4) is 22.4 Å². The van der Waals surface area contributed by atoms with Gasteiger partial charge >= 0.3 is 0 Å². The number of pyridine rings is 1. The number of aromatic nitrogens is 2. The fourth-order valence-electron chi connectivity index (χ4n) is 4.46. The molecule has 2 heterocycles. The molecule has 0 fully saturated rings. The minimum Gasteiger partial charge on any atom is -0.335 e. The van der Waals surface area contributed by atoms with E-state index in [1.54, 1.807) is 0 Å². The van der Waals surface area contributed by atoms with Gasteiger partial charge < -0.3 is 4.57 Å².